The molecule has 6 nitrogen and oxygen atoms in total. The molecule has 1 aromatic carbocycles. The highest BCUT2D eigenvalue weighted by molar-refractivity contribution is 7.89. The average molecular weight is 301 g/mol. The number of benzene rings is 1. The van der Waals surface area contributed by atoms with Gasteiger partial charge in [-0.1, -0.05) is 6.07 Å². The van der Waals surface area contributed by atoms with Crippen molar-refractivity contribution in [2.75, 3.05) is 13.7 Å². The van der Waals surface area contributed by atoms with E-state index in [0.717, 1.165) is 9.87 Å². The number of nitrogens with zero attached hydrogens (tertiary/aromatic N) is 1. The van der Waals surface area contributed by atoms with Crippen molar-refractivity contribution >= 4 is 16.0 Å². The minimum absolute atomic E-state index is 0.0186. The van der Waals surface area contributed by atoms with Crippen molar-refractivity contribution < 1.29 is 23.1 Å². The van der Waals surface area contributed by atoms with Crippen molar-refractivity contribution in [3.63, 3.8) is 0 Å². The first-order valence-electron chi connectivity index (χ1n) is 6.08. The summed E-state index contributed by atoms with van der Waals surface area (Å²) in [5, 5.41) is 8.89. The largest absolute Gasteiger partial charge is 0.495 e. The third kappa shape index (κ3) is 3.49. The van der Waals surface area contributed by atoms with Gasteiger partial charge in [-0.3, -0.25) is 4.79 Å². The van der Waals surface area contributed by atoms with E-state index in [2.05, 4.69) is 0 Å². The van der Waals surface area contributed by atoms with Crippen LogP contribution < -0.4 is 4.74 Å². The Balaban J connectivity index is 3.40. The quantitative estimate of drug-likeness (QED) is 0.860. The van der Waals surface area contributed by atoms with E-state index < -0.39 is 28.6 Å². The molecule has 0 aliphatic carbocycles. The molecule has 1 N–H and O–H groups in total. The number of rotatable bonds is 6. The molecule has 0 fully saturated rings. The monoisotopic (exact) mass is 301 g/mol. The Morgan fingerprint density at radius 2 is 2.00 bits per heavy atom. The zero-order valence-corrected chi connectivity index (χ0v) is 12.8. The second kappa shape index (κ2) is 6.23. The summed E-state index contributed by atoms with van der Waals surface area (Å²) in [7, 11) is -2.56. The van der Waals surface area contributed by atoms with Crippen molar-refractivity contribution in [2.45, 2.75) is 31.7 Å². The lowest BCUT2D eigenvalue weighted by molar-refractivity contribution is -0.137. The molecule has 0 radical (unpaired) electrons. The molecule has 7 heteroatoms. The summed E-state index contributed by atoms with van der Waals surface area (Å²) < 4.78 is 31.3. The Morgan fingerprint density at radius 1 is 1.40 bits per heavy atom. The van der Waals surface area contributed by atoms with E-state index in [1.54, 1.807) is 32.9 Å². The highest BCUT2D eigenvalue weighted by atomic mass is 32.2. The summed E-state index contributed by atoms with van der Waals surface area (Å²) >= 11 is 0. The van der Waals surface area contributed by atoms with Crippen LogP contribution in [0, 0.1) is 6.92 Å². The number of methoxy groups -OCH3 is 1. The lowest BCUT2D eigenvalue weighted by Gasteiger charge is -2.25. The molecule has 0 aromatic heterocycles. The number of hydrogen-bond donors (Lipinski definition) is 1. The molecule has 0 aliphatic heterocycles. The van der Waals surface area contributed by atoms with Crippen LogP contribution in [0.25, 0.3) is 0 Å². The smallest absolute Gasteiger partial charge is 0.318 e. The van der Waals surface area contributed by atoms with Gasteiger partial charge >= 0.3 is 5.97 Å². The maximum absolute atomic E-state index is 12.6. The second-order valence-electron chi connectivity index (χ2n) is 4.69. The molecule has 0 bridgehead atoms. The Kier molecular flexibility index (Phi) is 5.13. The standard InChI is InChI=1S/C13H19NO5S/c1-9(2)14(8-13(15)16)20(17,18)12-7-10(3)5-6-11(12)19-4/h5-7,9H,8H2,1-4H3,(H,15,16). The van der Waals surface area contributed by atoms with Gasteiger partial charge in [-0.15, -0.1) is 0 Å². The Labute approximate surface area is 119 Å². The zero-order valence-electron chi connectivity index (χ0n) is 12.0. The molecule has 0 heterocycles. The van der Waals surface area contributed by atoms with Crippen molar-refractivity contribution in [3.05, 3.63) is 23.8 Å². The third-order valence-corrected chi connectivity index (χ3v) is 4.82. The first kappa shape index (κ1) is 16.5. The summed E-state index contributed by atoms with van der Waals surface area (Å²) in [6.45, 7) is 4.43. The van der Waals surface area contributed by atoms with Gasteiger partial charge in [-0.05, 0) is 38.5 Å². The predicted octanol–water partition coefficient (Wildman–Crippen LogP) is 1.49. The van der Waals surface area contributed by atoms with Crippen LogP contribution in [0.1, 0.15) is 19.4 Å². The lowest BCUT2D eigenvalue weighted by atomic mass is 10.2. The topological polar surface area (TPSA) is 83.9 Å². The van der Waals surface area contributed by atoms with E-state index in [-0.39, 0.29) is 10.6 Å². The fraction of sp³-hybridized carbons (Fsp3) is 0.462. The van der Waals surface area contributed by atoms with Gasteiger partial charge in [0.25, 0.3) is 0 Å². The van der Waals surface area contributed by atoms with Crippen molar-refractivity contribution in [3.8, 4) is 5.75 Å². The molecule has 0 unspecified atom stereocenters. The third-order valence-electron chi connectivity index (χ3n) is 2.77. The highest BCUT2D eigenvalue weighted by Gasteiger charge is 2.31. The van der Waals surface area contributed by atoms with E-state index in [1.807, 2.05) is 0 Å². The second-order valence-corrected chi connectivity index (χ2v) is 6.55. The van der Waals surface area contributed by atoms with Gasteiger partial charge < -0.3 is 9.84 Å². The molecule has 112 valence electrons. The highest BCUT2D eigenvalue weighted by Crippen LogP contribution is 2.28. The fourth-order valence-electron chi connectivity index (χ4n) is 1.79. The van der Waals surface area contributed by atoms with Crippen LogP contribution in [-0.4, -0.2) is 43.5 Å². The van der Waals surface area contributed by atoms with Crippen LogP contribution in [0.2, 0.25) is 0 Å². The van der Waals surface area contributed by atoms with Gasteiger partial charge in [0.1, 0.15) is 17.2 Å². The molecule has 1 rings (SSSR count). The number of aryl methyl sites for hydroxylation is 1. The van der Waals surface area contributed by atoms with Gasteiger partial charge in [0, 0.05) is 6.04 Å². The van der Waals surface area contributed by atoms with Gasteiger partial charge in [0.05, 0.1) is 7.11 Å². The number of aliphatic carboxylic acids is 1. The van der Waals surface area contributed by atoms with Gasteiger partial charge in [0.2, 0.25) is 10.0 Å². The number of ether oxygens (including phenoxy) is 1. The molecular formula is C13H19NO5S. The number of sulfonamides is 1. The molecule has 0 atom stereocenters. The van der Waals surface area contributed by atoms with Gasteiger partial charge in [-0.2, -0.15) is 4.31 Å². The Bertz CT molecular complexity index is 595. The first-order valence-corrected chi connectivity index (χ1v) is 7.52. The van der Waals surface area contributed by atoms with E-state index >= 15 is 0 Å². The molecule has 0 amide bonds. The predicted molar refractivity (Wildman–Crippen MR) is 74.4 cm³/mol. The van der Waals surface area contributed by atoms with Crippen molar-refractivity contribution in [2.24, 2.45) is 0 Å². The molecule has 0 aliphatic rings. The molecule has 20 heavy (non-hydrogen) atoms. The zero-order chi connectivity index (χ0) is 15.5. The summed E-state index contributed by atoms with van der Waals surface area (Å²) in [6, 6.07) is 4.29. The summed E-state index contributed by atoms with van der Waals surface area (Å²) in [5.41, 5.74) is 0.753. The summed E-state index contributed by atoms with van der Waals surface area (Å²) in [4.78, 5) is 10.9. The number of carboxylic acid groups (broad SMARTS) is 1. The normalized spacial score (nSPS) is 11.9. The molecule has 0 saturated heterocycles. The lowest BCUT2D eigenvalue weighted by Crippen LogP contribution is -2.40. The maximum atomic E-state index is 12.6. The fourth-order valence-corrected chi connectivity index (χ4v) is 3.62. The van der Waals surface area contributed by atoms with Crippen LogP contribution in [0.3, 0.4) is 0 Å². The van der Waals surface area contributed by atoms with E-state index in [0.29, 0.717) is 0 Å². The number of carboxylic acids is 1. The number of hydrogen-bond acceptors (Lipinski definition) is 4. The first-order chi connectivity index (χ1) is 9.20. The van der Waals surface area contributed by atoms with Gasteiger partial charge in [0.15, 0.2) is 0 Å². The Hall–Kier alpha value is -1.60. The minimum atomic E-state index is -3.93. The van der Waals surface area contributed by atoms with Crippen LogP contribution >= 0.6 is 0 Å². The van der Waals surface area contributed by atoms with Gasteiger partial charge in [-0.25, -0.2) is 8.42 Å². The molecular weight excluding hydrogens is 282 g/mol. The van der Waals surface area contributed by atoms with Crippen molar-refractivity contribution in [1.29, 1.82) is 0 Å². The number of carbonyl (C=O) groups is 1. The molecule has 0 saturated carbocycles. The van der Waals surface area contributed by atoms with E-state index in [4.69, 9.17) is 9.84 Å². The average Bonchev–Trinajstić information content (AvgIpc) is 2.35. The SMILES string of the molecule is COc1ccc(C)cc1S(=O)(=O)N(CC(=O)O)C(C)C. The molecule has 0 spiro atoms. The van der Waals surface area contributed by atoms with Crippen LogP contribution in [-0.2, 0) is 14.8 Å². The Morgan fingerprint density at radius 3 is 2.45 bits per heavy atom. The van der Waals surface area contributed by atoms with Crippen LogP contribution in [0.4, 0.5) is 0 Å². The maximum Gasteiger partial charge on any atom is 0.318 e. The van der Waals surface area contributed by atoms with Crippen LogP contribution in [0.5, 0.6) is 5.75 Å². The minimum Gasteiger partial charge on any atom is -0.495 e. The van der Waals surface area contributed by atoms with E-state index in [1.165, 1.54) is 13.2 Å². The van der Waals surface area contributed by atoms with E-state index in [9.17, 15) is 13.2 Å². The summed E-state index contributed by atoms with van der Waals surface area (Å²) in [5.74, 6) is -1.000. The molecule has 1 aromatic rings. The van der Waals surface area contributed by atoms with Crippen molar-refractivity contribution in [1.82, 2.24) is 4.31 Å². The van der Waals surface area contributed by atoms with Crippen LogP contribution in [0.15, 0.2) is 23.1 Å². The summed E-state index contributed by atoms with van der Waals surface area (Å²) in [6.07, 6.45) is 0.